The number of carbonyl (C=O) groups is 1. The normalized spacial score (nSPS) is 31.4. The van der Waals surface area contributed by atoms with Crippen molar-refractivity contribution in [1.29, 1.82) is 0 Å². The summed E-state index contributed by atoms with van der Waals surface area (Å²) in [4.78, 5) is 10.2. The van der Waals surface area contributed by atoms with Crippen molar-refractivity contribution in [2.24, 2.45) is 5.73 Å². The van der Waals surface area contributed by atoms with Gasteiger partial charge in [-0.15, -0.1) is 0 Å². The Kier molecular flexibility index (Phi) is 2.67. The van der Waals surface area contributed by atoms with Gasteiger partial charge in [-0.3, -0.25) is 0 Å². The molecule has 1 rings (SSSR count). The van der Waals surface area contributed by atoms with Crippen LogP contribution in [-0.4, -0.2) is 36.5 Å². The summed E-state index contributed by atoms with van der Waals surface area (Å²) in [5.74, 6) is 0. The van der Waals surface area contributed by atoms with E-state index in [1.165, 1.54) is 0 Å². The molecule has 1 aliphatic rings. The molecule has 2 atom stereocenters. The summed E-state index contributed by atoms with van der Waals surface area (Å²) < 4.78 is 5.05. The van der Waals surface area contributed by atoms with Crippen LogP contribution in [0, 0.1) is 0 Å². The molecule has 1 amide bonds. The van der Waals surface area contributed by atoms with Gasteiger partial charge in [0.2, 0.25) is 0 Å². The van der Waals surface area contributed by atoms with E-state index < -0.39 is 6.09 Å². The average molecular weight is 160 g/mol. The smallest absolute Gasteiger partial charge is 0.405 e. The molecule has 0 bridgehead atoms. The highest BCUT2D eigenvalue weighted by molar-refractivity contribution is 5.65. The van der Waals surface area contributed by atoms with E-state index in [1.54, 1.807) is 0 Å². The van der Waals surface area contributed by atoms with E-state index in [9.17, 15) is 4.79 Å². The van der Waals surface area contributed by atoms with Crippen LogP contribution >= 0.6 is 0 Å². The third kappa shape index (κ3) is 2.36. The predicted molar refractivity (Wildman–Crippen MR) is 38.4 cm³/mol. The zero-order valence-corrected chi connectivity index (χ0v) is 6.12. The summed E-state index contributed by atoms with van der Waals surface area (Å²) in [5, 5.41) is 10.7. The second-order valence-corrected chi connectivity index (χ2v) is 2.58. The van der Waals surface area contributed by atoms with Crippen molar-refractivity contribution in [2.75, 3.05) is 13.2 Å². The van der Waals surface area contributed by atoms with Gasteiger partial charge < -0.3 is 20.9 Å². The summed E-state index contributed by atoms with van der Waals surface area (Å²) in [6.45, 7) is 1.01. The summed E-state index contributed by atoms with van der Waals surface area (Å²) in [5.41, 5.74) is 5.62. The Morgan fingerprint density at radius 1 is 1.73 bits per heavy atom. The molecule has 1 aliphatic heterocycles. The maximum Gasteiger partial charge on any atom is 0.405 e. The fourth-order valence-corrected chi connectivity index (χ4v) is 1.06. The van der Waals surface area contributed by atoms with E-state index in [2.05, 4.69) is 5.32 Å². The summed E-state index contributed by atoms with van der Waals surface area (Å²) in [6.07, 6.45) is -0.332. The van der Waals surface area contributed by atoms with Gasteiger partial charge in [0, 0.05) is 12.6 Å². The Bertz CT molecular complexity index is 151. The Hall–Kier alpha value is -0.810. The lowest BCUT2D eigenvalue weighted by molar-refractivity contribution is 0.0584. The van der Waals surface area contributed by atoms with E-state index >= 15 is 0 Å². The van der Waals surface area contributed by atoms with Crippen molar-refractivity contribution >= 4 is 6.09 Å². The second kappa shape index (κ2) is 3.54. The first-order valence-corrected chi connectivity index (χ1v) is 3.53. The third-order valence-electron chi connectivity index (χ3n) is 1.72. The highest BCUT2D eigenvalue weighted by Gasteiger charge is 2.23. The Labute approximate surface area is 64.5 Å². The fraction of sp³-hybridized carbons (Fsp3) is 0.833. The molecule has 5 nitrogen and oxygen atoms in total. The highest BCUT2D eigenvalue weighted by Crippen LogP contribution is 2.04. The van der Waals surface area contributed by atoms with Crippen molar-refractivity contribution in [2.45, 2.75) is 18.5 Å². The Balaban J connectivity index is 2.35. The fourth-order valence-electron chi connectivity index (χ4n) is 1.06. The number of ether oxygens (including phenoxy) is 1. The first-order valence-electron chi connectivity index (χ1n) is 3.53. The number of rotatable bonds is 1. The minimum absolute atomic E-state index is 0.111. The van der Waals surface area contributed by atoms with E-state index in [1.807, 2.05) is 0 Å². The van der Waals surface area contributed by atoms with Gasteiger partial charge in [-0.1, -0.05) is 0 Å². The van der Waals surface area contributed by atoms with Crippen LogP contribution in [0.15, 0.2) is 0 Å². The minimum Gasteiger partial charge on any atom is -0.465 e. The lowest BCUT2D eigenvalue weighted by Gasteiger charge is -2.28. The third-order valence-corrected chi connectivity index (χ3v) is 1.72. The lowest BCUT2D eigenvalue weighted by atomic mass is 10.1. The molecule has 0 radical (unpaired) electrons. The molecule has 0 spiro atoms. The molecule has 5 heteroatoms. The first-order chi connectivity index (χ1) is 5.20. The largest absolute Gasteiger partial charge is 0.465 e. The second-order valence-electron chi connectivity index (χ2n) is 2.58. The molecule has 0 aromatic rings. The Morgan fingerprint density at radius 3 is 3.00 bits per heavy atom. The van der Waals surface area contributed by atoms with Crippen LogP contribution in [0.25, 0.3) is 0 Å². The van der Waals surface area contributed by atoms with Crippen LogP contribution in [-0.2, 0) is 4.74 Å². The quantitative estimate of drug-likeness (QED) is 0.477. The predicted octanol–water partition coefficient (Wildman–Crippen LogP) is -0.630. The van der Waals surface area contributed by atoms with Crippen molar-refractivity contribution in [3.05, 3.63) is 0 Å². The standard InChI is InChI=1S/C6H12N2O3/c7-4-1-2-11-3-5(4)8-6(9)10/h4-5,8H,1-3,7H2,(H,9,10)/t4-,5+/m1/s1. The number of hydrogen-bond acceptors (Lipinski definition) is 3. The van der Waals surface area contributed by atoms with E-state index in [4.69, 9.17) is 15.6 Å². The summed E-state index contributed by atoms with van der Waals surface area (Å²) >= 11 is 0. The molecule has 0 unspecified atom stereocenters. The molecule has 1 heterocycles. The van der Waals surface area contributed by atoms with Crippen LogP contribution in [0.3, 0.4) is 0 Å². The van der Waals surface area contributed by atoms with Gasteiger partial charge in [0.25, 0.3) is 0 Å². The van der Waals surface area contributed by atoms with Crippen LogP contribution in [0.2, 0.25) is 0 Å². The molecular weight excluding hydrogens is 148 g/mol. The van der Waals surface area contributed by atoms with Gasteiger partial charge in [0.05, 0.1) is 12.6 Å². The van der Waals surface area contributed by atoms with E-state index in [0.29, 0.717) is 19.6 Å². The molecule has 0 aromatic carbocycles. The van der Waals surface area contributed by atoms with Crippen molar-refractivity contribution in [1.82, 2.24) is 5.32 Å². The van der Waals surface area contributed by atoms with Gasteiger partial charge in [-0.25, -0.2) is 4.79 Å². The maximum absolute atomic E-state index is 10.2. The van der Waals surface area contributed by atoms with Gasteiger partial charge in [-0.05, 0) is 6.42 Å². The molecule has 0 aromatic heterocycles. The monoisotopic (exact) mass is 160 g/mol. The van der Waals surface area contributed by atoms with Crippen molar-refractivity contribution < 1.29 is 14.6 Å². The number of nitrogens with one attached hydrogen (secondary N) is 1. The number of amides is 1. The molecule has 64 valence electrons. The minimum atomic E-state index is -1.05. The van der Waals surface area contributed by atoms with Crippen LogP contribution in [0.4, 0.5) is 4.79 Å². The zero-order valence-electron chi connectivity index (χ0n) is 6.12. The highest BCUT2D eigenvalue weighted by atomic mass is 16.5. The summed E-state index contributed by atoms with van der Waals surface area (Å²) in [6, 6.07) is -0.360. The maximum atomic E-state index is 10.2. The first kappa shape index (κ1) is 8.29. The molecule has 1 saturated heterocycles. The van der Waals surface area contributed by atoms with Gasteiger partial charge in [-0.2, -0.15) is 0 Å². The molecule has 11 heavy (non-hydrogen) atoms. The number of carboxylic acid groups (broad SMARTS) is 1. The average Bonchev–Trinajstić information content (AvgIpc) is 1.93. The van der Waals surface area contributed by atoms with Crippen molar-refractivity contribution in [3.8, 4) is 0 Å². The van der Waals surface area contributed by atoms with Gasteiger partial charge >= 0.3 is 6.09 Å². The molecule has 0 aliphatic carbocycles. The topological polar surface area (TPSA) is 84.6 Å². The summed E-state index contributed by atoms with van der Waals surface area (Å²) in [7, 11) is 0. The molecule has 1 fully saturated rings. The van der Waals surface area contributed by atoms with E-state index in [0.717, 1.165) is 0 Å². The van der Waals surface area contributed by atoms with Gasteiger partial charge in [0.15, 0.2) is 0 Å². The molecule has 0 saturated carbocycles. The Morgan fingerprint density at radius 2 is 2.45 bits per heavy atom. The number of nitrogens with two attached hydrogens (primary N) is 1. The molecular formula is C6H12N2O3. The van der Waals surface area contributed by atoms with Crippen molar-refractivity contribution in [3.63, 3.8) is 0 Å². The van der Waals surface area contributed by atoms with Crippen LogP contribution in [0.1, 0.15) is 6.42 Å². The van der Waals surface area contributed by atoms with Gasteiger partial charge in [0.1, 0.15) is 0 Å². The lowest BCUT2D eigenvalue weighted by Crippen LogP contribution is -2.52. The van der Waals surface area contributed by atoms with Crippen LogP contribution < -0.4 is 11.1 Å². The van der Waals surface area contributed by atoms with Crippen LogP contribution in [0.5, 0.6) is 0 Å². The molecule has 4 N–H and O–H groups in total. The zero-order chi connectivity index (χ0) is 8.27. The number of hydrogen-bond donors (Lipinski definition) is 3. The SMILES string of the molecule is N[C@@H]1CCOC[C@@H]1NC(=O)O. The van der Waals surface area contributed by atoms with E-state index in [-0.39, 0.29) is 12.1 Å².